The maximum Gasteiger partial charge on any atom is 0.417 e. The Morgan fingerprint density at radius 3 is 2.52 bits per heavy atom. The maximum atomic E-state index is 12.8. The highest BCUT2D eigenvalue weighted by Gasteiger charge is 2.33. The second-order valence-electron chi connectivity index (χ2n) is 5.82. The number of halogens is 3. The molecule has 0 spiro atoms. The zero-order valence-corrected chi connectivity index (χ0v) is 14.4. The topological polar surface area (TPSA) is 76.6 Å². The Morgan fingerprint density at radius 2 is 1.96 bits per heavy atom. The lowest BCUT2D eigenvalue weighted by molar-refractivity contribution is -0.140. The first-order valence-corrected chi connectivity index (χ1v) is 9.31. The first-order chi connectivity index (χ1) is 11.6. The summed E-state index contributed by atoms with van der Waals surface area (Å²) >= 11 is 0. The molecule has 0 radical (unpaired) electrons. The fourth-order valence-corrected chi connectivity index (χ4v) is 4.20. The van der Waals surface area contributed by atoms with E-state index < -0.39 is 27.7 Å². The minimum Gasteiger partial charge on any atom is -0.469 e. The van der Waals surface area contributed by atoms with Crippen LogP contribution in [0, 0.1) is 0 Å². The summed E-state index contributed by atoms with van der Waals surface area (Å²) in [6, 6.07) is 1.07. The van der Waals surface area contributed by atoms with Gasteiger partial charge in [0.25, 0.3) is 0 Å². The molecule has 2 rings (SSSR count). The lowest BCUT2D eigenvalue weighted by atomic mass is 9.90. The number of methoxy groups -OCH3 is 1. The molecule has 2 heterocycles. The largest absolute Gasteiger partial charge is 0.469 e. The van der Waals surface area contributed by atoms with Gasteiger partial charge in [-0.3, -0.25) is 9.78 Å². The van der Waals surface area contributed by atoms with Crippen molar-refractivity contribution < 1.29 is 31.1 Å². The molecule has 0 N–H and O–H groups in total. The predicted molar refractivity (Wildman–Crippen MR) is 83.2 cm³/mol. The smallest absolute Gasteiger partial charge is 0.417 e. The Morgan fingerprint density at radius 1 is 1.32 bits per heavy atom. The van der Waals surface area contributed by atoms with Gasteiger partial charge in [0.15, 0.2) is 0 Å². The van der Waals surface area contributed by atoms with Gasteiger partial charge in [0.1, 0.15) is 0 Å². The molecule has 1 aromatic heterocycles. The number of aromatic nitrogens is 1. The number of hydrogen-bond donors (Lipinski definition) is 0. The Bertz CT molecular complexity index is 714. The average Bonchev–Trinajstić information content (AvgIpc) is 2.59. The molecule has 10 heteroatoms. The summed E-state index contributed by atoms with van der Waals surface area (Å²) in [4.78, 5) is 14.7. The van der Waals surface area contributed by atoms with E-state index in [2.05, 4.69) is 9.72 Å². The second kappa shape index (κ2) is 7.69. The number of esters is 1. The van der Waals surface area contributed by atoms with Crippen LogP contribution in [0.2, 0.25) is 0 Å². The number of alkyl halides is 3. The van der Waals surface area contributed by atoms with Gasteiger partial charge in [-0.05, 0) is 30.4 Å². The van der Waals surface area contributed by atoms with E-state index in [9.17, 15) is 26.4 Å². The summed E-state index contributed by atoms with van der Waals surface area (Å²) in [6.07, 6.45) is -1.71. The van der Waals surface area contributed by atoms with Crippen LogP contribution in [0.5, 0.6) is 0 Å². The van der Waals surface area contributed by atoms with Gasteiger partial charge in [-0.25, -0.2) is 12.7 Å². The summed E-state index contributed by atoms with van der Waals surface area (Å²) in [5, 5.41) is 0. The highest BCUT2D eigenvalue weighted by Crippen LogP contribution is 2.33. The molecule has 0 amide bonds. The molecule has 1 saturated heterocycles. The lowest BCUT2D eigenvalue weighted by Gasteiger charge is -2.31. The third-order valence-electron chi connectivity index (χ3n) is 4.20. The summed E-state index contributed by atoms with van der Waals surface area (Å²) in [6.45, 7) is 0.398. The van der Waals surface area contributed by atoms with Gasteiger partial charge in [0.05, 0.1) is 24.8 Å². The third kappa shape index (κ3) is 5.15. The Balaban J connectivity index is 1.99. The maximum absolute atomic E-state index is 12.8. The highest BCUT2D eigenvalue weighted by molar-refractivity contribution is 7.89. The molecule has 1 aromatic rings. The van der Waals surface area contributed by atoms with E-state index in [1.807, 2.05) is 0 Å². The molecule has 0 aliphatic carbocycles. The number of sulfonamides is 1. The minimum absolute atomic E-state index is 0.179. The van der Waals surface area contributed by atoms with Crippen LogP contribution in [-0.4, -0.2) is 49.6 Å². The zero-order chi connectivity index (χ0) is 18.7. The van der Waals surface area contributed by atoms with E-state index in [0.29, 0.717) is 18.4 Å². The van der Waals surface area contributed by atoms with Gasteiger partial charge in [0.2, 0.25) is 10.0 Å². The van der Waals surface area contributed by atoms with Crippen LogP contribution in [0.4, 0.5) is 13.2 Å². The monoisotopic (exact) mass is 380 g/mol. The van der Waals surface area contributed by atoms with E-state index in [0.717, 1.165) is 12.3 Å². The van der Waals surface area contributed by atoms with Crippen molar-refractivity contribution in [2.75, 3.05) is 26.0 Å². The van der Waals surface area contributed by atoms with Crippen LogP contribution in [-0.2, 0) is 25.7 Å². The van der Waals surface area contributed by atoms with Gasteiger partial charge < -0.3 is 4.74 Å². The summed E-state index contributed by atoms with van der Waals surface area (Å²) in [7, 11) is -2.40. The van der Waals surface area contributed by atoms with Crippen molar-refractivity contribution in [3.8, 4) is 0 Å². The van der Waals surface area contributed by atoms with Crippen molar-refractivity contribution in [2.45, 2.75) is 31.4 Å². The molecule has 1 fully saturated rings. The Labute approximate surface area is 144 Å². The van der Waals surface area contributed by atoms with Crippen LogP contribution >= 0.6 is 0 Å². The standard InChI is InChI=1S/C15H19F3N2O4S/c1-24-14(21)4-7-25(22,23)20-5-2-11(3-6-20)12-8-13(10-19-9-12)15(16,17)18/h8-11H,2-7H2,1H3. The van der Waals surface area contributed by atoms with Crippen molar-refractivity contribution in [1.29, 1.82) is 0 Å². The van der Waals surface area contributed by atoms with Crippen LogP contribution in [0.15, 0.2) is 18.5 Å². The lowest BCUT2D eigenvalue weighted by Crippen LogP contribution is -2.39. The molecule has 1 aliphatic heterocycles. The van der Waals surface area contributed by atoms with E-state index in [4.69, 9.17) is 0 Å². The van der Waals surface area contributed by atoms with Gasteiger partial charge >= 0.3 is 12.1 Å². The fourth-order valence-electron chi connectivity index (χ4n) is 2.75. The first kappa shape index (κ1) is 19.6. The van der Waals surface area contributed by atoms with Crippen molar-refractivity contribution >= 4 is 16.0 Å². The fraction of sp³-hybridized carbons (Fsp3) is 0.600. The molecular formula is C15H19F3N2O4S. The van der Waals surface area contributed by atoms with Crippen LogP contribution in [0.3, 0.4) is 0 Å². The average molecular weight is 380 g/mol. The number of nitrogens with zero attached hydrogens (tertiary/aromatic N) is 2. The van der Waals surface area contributed by atoms with Crippen molar-refractivity contribution in [3.63, 3.8) is 0 Å². The van der Waals surface area contributed by atoms with E-state index in [-0.39, 0.29) is 31.2 Å². The van der Waals surface area contributed by atoms with Gasteiger partial charge in [-0.1, -0.05) is 0 Å². The van der Waals surface area contributed by atoms with Crippen LogP contribution < -0.4 is 0 Å². The SMILES string of the molecule is COC(=O)CCS(=O)(=O)N1CCC(c2cncc(C(F)(F)F)c2)CC1. The number of rotatable bonds is 5. The number of carbonyl (C=O) groups is 1. The first-order valence-electron chi connectivity index (χ1n) is 7.70. The van der Waals surface area contributed by atoms with Crippen LogP contribution in [0.25, 0.3) is 0 Å². The molecule has 0 unspecified atom stereocenters. The van der Waals surface area contributed by atoms with Crippen LogP contribution in [0.1, 0.15) is 36.3 Å². The van der Waals surface area contributed by atoms with Crippen molar-refractivity contribution in [1.82, 2.24) is 9.29 Å². The van der Waals surface area contributed by atoms with Crippen molar-refractivity contribution in [2.24, 2.45) is 0 Å². The van der Waals surface area contributed by atoms with Gasteiger partial charge in [-0.2, -0.15) is 13.2 Å². The number of carbonyl (C=O) groups excluding carboxylic acids is 1. The number of pyridine rings is 1. The van der Waals surface area contributed by atoms with Gasteiger partial charge in [-0.15, -0.1) is 0 Å². The molecular weight excluding hydrogens is 361 g/mol. The summed E-state index contributed by atoms with van der Waals surface area (Å²) in [5.74, 6) is -1.12. The van der Waals surface area contributed by atoms with Crippen molar-refractivity contribution in [3.05, 3.63) is 29.6 Å². The summed E-state index contributed by atoms with van der Waals surface area (Å²) in [5.41, 5.74) is -0.348. The molecule has 1 aliphatic rings. The normalized spacial score (nSPS) is 17.4. The number of piperidine rings is 1. The molecule has 140 valence electrons. The predicted octanol–water partition coefficient (Wildman–Crippen LogP) is 2.17. The Kier molecular flexibility index (Phi) is 6.04. The molecule has 25 heavy (non-hydrogen) atoms. The summed E-state index contributed by atoms with van der Waals surface area (Å²) < 4.78 is 68.4. The number of ether oxygens (including phenoxy) is 1. The quantitative estimate of drug-likeness (QED) is 0.732. The third-order valence-corrected chi connectivity index (χ3v) is 6.07. The molecule has 0 saturated carbocycles. The molecule has 0 aromatic carbocycles. The Hall–Kier alpha value is -1.68. The number of hydrogen-bond acceptors (Lipinski definition) is 5. The molecule has 0 atom stereocenters. The van der Waals surface area contributed by atoms with E-state index in [1.165, 1.54) is 17.6 Å². The van der Waals surface area contributed by atoms with E-state index in [1.54, 1.807) is 0 Å². The van der Waals surface area contributed by atoms with Gasteiger partial charge in [0, 0.05) is 25.5 Å². The minimum atomic E-state index is -4.46. The zero-order valence-electron chi connectivity index (χ0n) is 13.6. The molecule has 0 bridgehead atoms. The second-order valence-corrected chi connectivity index (χ2v) is 7.91. The molecule has 6 nitrogen and oxygen atoms in total. The highest BCUT2D eigenvalue weighted by atomic mass is 32.2. The van der Waals surface area contributed by atoms with E-state index >= 15 is 0 Å².